The first kappa shape index (κ1) is 21.5. The van der Waals surface area contributed by atoms with Crippen LogP contribution >= 0.6 is 0 Å². The lowest BCUT2D eigenvalue weighted by molar-refractivity contribution is 0.0686. The molecule has 3 rings (SSSR count). The first-order chi connectivity index (χ1) is 14.7. The summed E-state index contributed by atoms with van der Waals surface area (Å²) in [6, 6.07) is 16.1. The molecule has 10 heteroatoms. The molecule has 0 radical (unpaired) electrons. The average molecular weight is 440 g/mol. The number of rotatable bonds is 7. The largest absolute Gasteiger partial charge is 0.478 e. The average Bonchev–Trinajstić information content (AvgIpc) is 2.74. The third kappa shape index (κ3) is 5.06. The fourth-order valence-electron chi connectivity index (χ4n) is 2.67. The van der Waals surface area contributed by atoms with Crippen molar-refractivity contribution in [3.05, 3.63) is 89.5 Å². The maximum Gasteiger partial charge on any atom is 0.337 e. The van der Waals surface area contributed by atoms with Gasteiger partial charge in [-0.25, -0.2) is 18.0 Å². The van der Waals surface area contributed by atoms with Crippen molar-refractivity contribution < 1.29 is 33.0 Å². The van der Waals surface area contributed by atoms with Crippen LogP contribution in [0.2, 0.25) is 0 Å². The molecule has 0 aromatic heterocycles. The Labute approximate surface area is 177 Å². The highest BCUT2D eigenvalue weighted by atomic mass is 32.2. The molecule has 0 fully saturated rings. The maximum atomic E-state index is 12.7. The van der Waals surface area contributed by atoms with E-state index in [9.17, 15) is 27.9 Å². The van der Waals surface area contributed by atoms with Crippen LogP contribution in [0.3, 0.4) is 0 Å². The number of aromatic carboxylic acids is 2. The first-order valence-electron chi connectivity index (χ1n) is 8.77. The number of benzene rings is 3. The molecule has 31 heavy (non-hydrogen) atoms. The van der Waals surface area contributed by atoms with E-state index in [1.54, 1.807) is 6.07 Å². The van der Waals surface area contributed by atoms with E-state index in [0.29, 0.717) is 0 Å². The number of carboxylic acid groups (broad SMARTS) is 2. The Bertz CT molecular complexity index is 1270. The number of carbonyl (C=O) groups excluding carboxylic acids is 1. The molecule has 0 aliphatic rings. The van der Waals surface area contributed by atoms with Gasteiger partial charge in [0.15, 0.2) is 0 Å². The molecule has 0 saturated carbocycles. The van der Waals surface area contributed by atoms with Crippen molar-refractivity contribution >= 4 is 39.2 Å². The van der Waals surface area contributed by atoms with Gasteiger partial charge < -0.3 is 15.5 Å². The number of para-hydroxylation sites is 1. The predicted octanol–water partition coefficient (Wildman–Crippen LogP) is 3.14. The predicted molar refractivity (Wildman–Crippen MR) is 112 cm³/mol. The molecule has 0 aliphatic heterocycles. The molecule has 3 aromatic rings. The Morgan fingerprint density at radius 2 is 1.42 bits per heavy atom. The number of sulfonamides is 1. The Balaban J connectivity index is 1.82. The van der Waals surface area contributed by atoms with Crippen LogP contribution in [0.25, 0.3) is 0 Å². The van der Waals surface area contributed by atoms with Gasteiger partial charge in [0, 0.05) is 11.3 Å². The van der Waals surface area contributed by atoms with Crippen LogP contribution in [0.15, 0.2) is 77.7 Å². The van der Waals surface area contributed by atoms with Gasteiger partial charge in [0.05, 0.1) is 21.7 Å². The zero-order valence-corrected chi connectivity index (χ0v) is 16.6. The van der Waals surface area contributed by atoms with Crippen molar-refractivity contribution in [2.75, 3.05) is 10.0 Å². The molecule has 0 heterocycles. The van der Waals surface area contributed by atoms with Gasteiger partial charge in [-0.3, -0.25) is 9.52 Å². The molecule has 3 aromatic carbocycles. The van der Waals surface area contributed by atoms with Gasteiger partial charge in [-0.1, -0.05) is 18.2 Å². The lowest BCUT2D eigenvalue weighted by Gasteiger charge is -2.11. The molecule has 1 amide bonds. The summed E-state index contributed by atoms with van der Waals surface area (Å²) in [5.74, 6) is -3.04. The van der Waals surface area contributed by atoms with Crippen LogP contribution in [0.4, 0.5) is 11.4 Å². The molecular formula is C21H16N2O7S. The van der Waals surface area contributed by atoms with Crippen LogP contribution in [-0.4, -0.2) is 36.5 Å². The molecule has 0 bridgehead atoms. The molecule has 0 spiro atoms. The lowest BCUT2D eigenvalue weighted by Crippen LogP contribution is -2.17. The minimum Gasteiger partial charge on any atom is -0.478 e. The van der Waals surface area contributed by atoms with Crippen molar-refractivity contribution in [2.24, 2.45) is 0 Å². The van der Waals surface area contributed by atoms with Crippen LogP contribution in [-0.2, 0) is 10.0 Å². The van der Waals surface area contributed by atoms with Gasteiger partial charge in [-0.2, -0.15) is 0 Å². The lowest BCUT2D eigenvalue weighted by atomic mass is 10.1. The van der Waals surface area contributed by atoms with Crippen molar-refractivity contribution in [2.45, 2.75) is 4.90 Å². The second-order valence-corrected chi connectivity index (χ2v) is 8.00. The number of carboxylic acids is 2. The maximum absolute atomic E-state index is 12.7. The van der Waals surface area contributed by atoms with E-state index >= 15 is 0 Å². The first-order valence-corrected chi connectivity index (χ1v) is 10.3. The van der Waals surface area contributed by atoms with Gasteiger partial charge in [0.25, 0.3) is 15.9 Å². The molecule has 0 aliphatic carbocycles. The van der Waals surface area contributed by atoms with Crippen molar-refractivity contribution in [1.82, 2.24) is 0 Å². The number of amides is 1. The monoisotopic (exact) mass is 440 g/mol. The van der Waals surface area contributed by atoms with Crippen molar-refractivity contribution in [3.8, 4) is 0 Å². The molecule has 0 unspecified atom stereocenters. The minimum atomic E-state index is -4.07. The Kier molecular flexibility index (Phi) is 6.02. The summed E-state index contributed by atoms with van der Waals surface area (Å²) in [6.45, 7) is 0. The Morgan fingerprint density at radius 1 is 0.742 bits per heavy atom. The summed E-state index contributed by atoms with van der Waals surface area (Å²) in [7, 11) is -4.07. The van der Waals surface area contributed by atoms with Crippen LogP contribution in [0.5, 0.6) is 0 Å². The molecule has 0 atom stereocenters. The number of hydrogen-bond donors (Lipinski definition) is 4. The molecule has 9 nitrogen and oxygen atoms in total. The second-order valence-electron chi connectivity index (χ2n) is 6.32. The Morgan fingerprint density at radius 3 is 2.06 bits per heavy atom. The van der Waals surface area contributed by atoms with Crippen molar-refractivity contribution in [3.63, 3.8) is 0 Å². The Hall–Kier alpha value is -4.18. The van der Waals surface area contributed by atoms with E-state index in [2.05, 4.69) is 10.0 Å². The van der Waals surface area contributed by atoms with Gasteiger partial charge in [0.1, 0.15) is 0 Å². The van der Waals surface area contributed by atoms with Gasteiger partial charge in [-0.05, 0) is 54.6 Å². The summed E-state index contributed by atoms with van der Waals surface area (Å²) >= 11 is 0. The van der Waals surface area contributed by atoms with Gasteiger partial charge in [-0.15, -0.1) is 0 Å². The zero-order chi connectivity index (χ0) is 22.6. The van der Waals surface area contributed by atoms with E-state index in [1.165, 1.54) is 60.7 Å². The summed E-state index contributed by atoms with van der Waals surface area (Å²) < 4.78 is 27.6. The minimum absolute atomic E-state index is 0.00302. The summed E-state index contributed by atoms with van der Waals surface area (Å²) in [6.07, 6.45) is 0. The zero-order valence-electron chi connectivity index (χ0n) is 15.8. The van der Waals surface area contributed by atoms with Crippen LogP contribution < -0.4 is 10.0 Å². The van der Waals surface area contributed by atoms with E-state index in [-0.39, 0.29) is 33.0 Å². The van der Waals surface area contributed by atoms with E-state index in [4.69, 9.17) is 5.11 Å². The number of anilines is 2. The van der Waals surface area contributed by atoms with Gasteiger partial charge >= 0.3 is 11.9 Å². The highest BCUT2D eigenvalue weighted by Crippen LogP contribution is 2.20. The summed E-state index contributed by atoms with van der Waals surface area (Å²) in [5.41, 5.74) is 0.124. The third-order valence-electron chi connectivity index (χ3n) is 4.20. The normalized spacial score (nSPS) is 10.8. The molecule has 4 N–H and O–H groups in total. The summed E-state index contributed by atoms with van der Waals surface area (Å²) in [5, 5.41) is 20.6. The van der Waals surface area contributed by atoms with Crippen molar-refractivity contribution in [1.29, 1.82) is 0 Å². The molecule has 158 valence electrons. The quantitative estimate of drug-likeness (QED) is 0.441. The topological polar surface area (TPSA) is 150 Å². The second kappa shape index (κ2) is 8.67. The fraction of sp³-hybridized carbons (Fsp3) is 0. The SMILES string of the molecule is O=C(O)c1ccc(NS(=O)(=O)c2cccc(C(=O)Nc3ccccc3C(=O)O)c2)cc1. The highest BCUT2D eigenvalue weighted by molar-refractivity contribution is 7.92. The van der Waals surface area contributed by atoms with E-state index in [0.717, 1.165) is 6.07 Å². The molecular weight excluding hydrogens is 424 g/mol. The number of carbonyl (C=O) groups is 3. The van der Waals surface area contributed by atoms with Crippen LogP contribution in [0.1, 0.15) is 31.1 Å². The number of hydrogen-bond acceptors (Lipinski definition) is 5. The number of nitrogens with one attached hydrogen (secondary N) is 2. The van der Waals surface area contributed by atoms with Gasteiger partial charge in [0.2, 0.25) is 0 Å². The summed E-state index contributed by atoms with van der Waals surface area (Å²) in [4.78, 5) is 34.5. The molecule has 0 saturated heterocycles. The van der Waals surface area contributed by atoms with Crippen LogP contribution in [0, 0.1) is 0 Å². The van der Waals surface area contributed by atoms with E-state index < -0.39 is 27.9 Å². The third-order valence-corrected chi connectivity index (χ3v) is 5.58. The highest BCUT2D eigenvalue weighted by Gasteiger charge is 2.18. The fourth-order valence-corrected chi connectivity index (χ4v) is 3.78. The van der Waals surface area contributed by atoms with E-state index in [1.807, 2.05) is 0 Å². The standard InChI is InChI=1S/C21H16N2O7S/c24-19(22-18-7-2-1-6-17(18)21(27)28)14-4-3-5-16(12-14)31(29,30)23-15-10-8-13(9-11-15)20(25)26/h1-12,23H,(H,22,24)(H,25,26)(H,27,28). The smallest absolute Gasteiger partial charge is 0.337 e.